The maximum Gasteiger partial charge on any atom is 0.312 e. The maximum atomic E-state index is 12.3. The predicted octanol–water partition coefficient (Wildman–Crippen LogP) is 3.64. The van der Waals surface area contributed by atoms with Gasteiger partial charge in [0, 0.05) is 18.7 Å². The van der Waals surface area contributed by atoms with Crippen molar-refractivity contribution < 1.29 is 14.3 Å². The van der Waals surface area contributed by atoms with E-state index in [1.165, 1.54) is 12.3 Å². The van der Waals surface area contributed by atoms with E-state index in [0.29, 0.717) is 5.70 Å². The second-order valence-electron chi connectivity index (χ2n) is 5.49. The third-order valence-corrected chi connectivity index (χ3v) is 3.66. The lowest BCUT2D eigenvalue weighted by molar-refractivity contribution is -0.146. The number of ether oxygens (including phenoxy) is 1. The second-order valence-corrected chi connectivity index (χ2v) is 5.49. The van der Waals surface area contributed by atoms with Gasteiger partial charge in [-0.2, -0.15) is 0 Å². The number of allylic oxidation sites excluding steroid dienone is 1. The van der Waals surface area contributed by atoms with Crippen molar-refractivity contribution in [3.05, 3.63) is 83.6 Å². The number of nitrogens with zero attached hydrogens (tertiary/aromatic N) is 1. The van der Waals surface area contributed by atoms with E-state index in [4.69, 9.17) is 4.74 Å². The predicted molar refractivity (Wildman–Crippen MR) is 91.6 cm³/mol. The van der Waals surface area contributed by atoms with Crippen LogP contribution in [0.25, 0.3) is 0 Å². The molecule has 2 aromatic rings. The van der Waals surface area contributed by atoms with E-state index >= 15 is 0 Å². The summed E-state index contributed by atoms with van der Waals surface area (Å²) in [6.07, 6.45) is 2.72. The molecule has 2 aromatic carbocycles. The van der Waals surface area contributed by atoms with E-state index < -0.39 is 12.1 Å². The van der Waals surface area contributed by atoms with Crippen LogP contribution in [0.4, 0.5) is 0 Å². The summed E-state index contributed by atoms with van der Waals surface area (Å²) in [5.41, 5.74) is 2.24. The van der Waals surface area contributed by atoms with Crippen LogP contribution in [-0.4, -0.2) is 18.0 Å². The van der Waals surface area contributed by atoms with Crippen molar-refractivity contribution in [3.8, 4) is 0 Å². The topological polar surface area (TPSA) is 55.7 Å². The summed E-state index contributed by atoms with van der Waals surface area (Å²) in [5.74, 6) is -0.457. The van der Waals surface area contributed by atoms with Crippen LogP contribution in [0, 0.1) is 0 Å². The monoisotopic (exact) mass is 319 g/mol. The van der Waals surface area contributed by atoms with E-state index in [9.17, 15) is 9.59 Å². The third kappa shape index (κ3) is 4.04. The van der Waals surface area contributed by atoms with E-state index in [1.807, 2.05) is 60.7 Å². The van der Waals surface area contributed by atoms with Crippen LogP contribution in [0.15, 0.2) is 77.4 Å². The molecular weight excluding hydrogens is 302 g/mol. The Hall–Kier alpha value is -3.01. The summed E-state index contributed by atoms with van der Waals surface area (Å²) in [6, 6.07) is 19.2. The van der Waals surface area contributed by atoms with E-state index in [-0.39, 0.29) is 18.6 Å². The first-order chi connectivity index (χ1) is 11.7. The van der Waals surface area contributed by atoms with Crippen LogP contribution in [-0.2, 0) is 14.3 Å². The zero-order valence-corrected chi connectivity index (χ0v) is 13.1. The number of aliphatic imine (C=N–C) groups is 1. The molecule has 0 aliphatic carbocycles. The van der Waals surface area contributed by atoms with Gasteiger partial charge in [0.1, 0.15) is 0 Å². The number of hydrogen-bond acceptors (Lipinski definition) is 4. The number of hydrogen-bond donors (Lipinski definition) is 0. The molecule has 0 saturated heterocycles. The Bertz CT molecular complexity index is 740. The first-order valence-corrected chi connectivity index (χ1v) is 7.77. The van der Waals surface area contributed by atoms with Gasteiger partial charge in [-0.25, -0.2) is 0 Å². The Labute approximate surface area is 140 Å². The fourth-order valence-corrected chi connectivity index (χ4v) is 2.54. The maximum absolute atomic E-state index is 12.3. The summed E-state index contributed by atoms with van der Waals surface area (Å²) in [6.45, 7) is 0. The highest BCUT2D eigenvalue weighted by Crippen LogP contribution is 2.27. The summed E-state index contributed by atoms with van der Waals surface area (Å²) in [5, 5.41) is 0. The van der Waals surface area contributed by atoms with Crippen molar-refractivity contribution in [2.75, 3.05) is 0 Å². The van der Waals surface area contributed by atoms with Crippen molar-refractivity contribution in [3.63, 3.8) is 0 Å². The molecule has 0 spiro atoms. The number of carbonyl (C=O) groups is 2. The van der Waals surface area contributed by atoms with Gasteiger partial charge in [-0.15, -0.1) is 0 Å². The normalized spacial score (nSPS) is 13.7. The molecule has 1 aliphatic rings. The number of rotatable bonds is 5. The van der Waals surface area contributed by atoms with Crippen molar-refractivity contribution in [1.29, 1.82) is 0 Å². The van der Waals surface area contributed by atoms with Gasteiger partial charge >= 0.3 is 5.97 Å². The largest absolute Gasteiger partial charge is 0.452 e. The van der Waals surface area contributed by atoms with Crippen LogP contribution in [0.2, 0.25) is 0 Å². The van der Waals surface area contributed by atoms with Gasteiger partial charge in [0.05, 0.1) is 12.1 Å². The lowest BCUT2D eigenvalue weighted by atomic mass is 10.0. The Balaban J connectivity index is 1.78. The molecule has 0 bridgehead atoms. The van der Waals surface area contributed by atoms with Gasteiger partial charge in [-0.3, -0.25) is 14.6 Å². The van der Waals surface area contributed by atoms with Crippen molar-refractivity contribution in [2.24, 2.45) is 4.99 Å². The summed E-state index contributed by atoms with van der Waals surface area (Å²) in [4.78, 5) is 27.8. The molecule has 1 aliphatic heterocycles. The molecule has 24 heavy (non-hydrogen) atoms. The molecular formula is C20H17NO3. The van der Waals surface area contributed by atoms with Gasteiger partial charge in [0.15, 0.2) is 11.9 Å². The SMILES string of the molecule is O=C1C=C(CC(=O)OC(c2ccccc2)c2ccccc2)N=CC1. The number of esters is 1. The van der Waals surface area contributed by atoms with E-state index in [1.54, 1.807) is 0 Å². The average Bonchev–Trinajstić information content (AvgIpc) is 2.61. The van der Waals surface area contributed by atoms with Crippen LogP contribution >= 0.6 is 0 Å². The summed E-state index contributed by atoms with van der Waals surface area (Å²) < 4.78 is 5.70. The molecule has 3 rings (SSSR count). The molecule has 0 saturated carbocycles. The lowest BCUT2D eigenvalue weighted by Crippen LogP contribution is -2.14. The first kappa shape index (κ1) is 15.9. The molecule has 0 aromatic heterocycles. The zero-order valence-electron chi connectivity index (χ0n) is 13.1. The van der Waals surface area contributed by atoms with Gasteiger partial charge in [0.25, 0.3) is 0 Å². The third-order valence-electron chi connectivity index (χ3n) is 3.66. The molecule has 0 amide bonds. The highest BCUT2D eigenvalue weighted by atomic mass is 16.5. The summed E-state index contributed by atoms with van der Waals surface area (Å²) in [7, 11) is 0. The molecule has 120 valence electrons. The average molecular weight is 319 g/mol. The van der Waals surface area contributed by atoms with Crippen molar-refractivity contribution in [1.82, 2.24) is 0 Å². The quantitative estimate of drug-likeness (QED) is 0.791. The van der Waals surface area contributed by atoms with Gasteiger partial charge in [0.2, 0.25) is 0 Å². The molecule has 0 atom stereocenters. The highest BCUT2D eigenvalue weighted by molar-refractivity contribution is 6.02. The van der Waals surface area contributed by atoms with Crippen LogP contribution in [0.3, 0.4) is 0 Å². The van der Waals surface area contributed by atoms with Crippen LogP contribution in [0.5, 0.6) is 0 Å². The van der Waals surface area contributed by atoms with E-state index in [0.717, 1.165) is 11.1 Å². The molecule has 0 N–H and O–H groups in total. The number of benzene rings is 2. The van der Waals surface area contributed by atoms with Gasteiger partial charge < -0.3 is 4.74 Å². The second kappa shape index (κ2) is 7.51. The molecule has 0 fully saturated rings. The standard InChI is InChI=1S/C20H17NO3/c22-18-11-12-21-17(13-18)14-19(23)24-20(15-7-3-1-4-8-15)16-9-5-2-6-10-16/h1-10,12-13,20H,11,14H2. The molecule has 0 unspecified atom stereocenters. The Morgan fingerprint density at radius 3 is 2.12 bits per heavy atom. The fourth-order valence-electron chi connectivity index (χ4n) is 2.54. The lowest BCUT2D eigenvalue weighted by Gasteiger charge is -2.19. The van der Waals surface area contributed by atoms with Gasteiger partial charge in [-0.1, -0.05) is 60.7 Å². The van der Waals surface area contributed by atoms with Crippen LogP contribution < -0.4 is 0 Å². The molecule has 1 heterocycles. The number of ketones is 1. The van der Waals surface area contributed by atoms with Crippen molar-refractivity contribution >= 4 is 18.0 Å². The number of carbonyl (C=O) groups excluding carboxylic acids is 2. The van der Waals surface area contributed by atoms with E-state index in [2.05, 4.69) is 4.99 Å². The Kier molecular flexibility index (Phi) is 4.96. The van der Waals surface area contributed by atoms with Crippen LogP contribution in [0.1, 0.15) is 30.1 Å². The smallest absolute Gasteiger partial charge is 0.312 e. The van der Waals surface area contributed by atoms with Gasteiger partial charge in [-0.05, 0) is 11.1 Å². The Morgan fingerprint density at radius 1 is 1.00 bits per heavy atom. The zero-order chi connectivity index (χ0) is 16.8. The molecule has 4 nitrogen and oxygen atoms in total. The minimum Gasteiger partial charge on any atom is -0.452 e. The first-order valence-electron chi connectivity index (χ1n) is 7.77. The minimum absolute atomic E-state index is 0.0155. The fraction of sp³-hybridized carbons (Fsp3) is 0.150. The highest BCUT2D eigenvalue weighted by Gasteiger charge is 2.20. The molecule has 0 radical (unpaired) electrons. The minimum atomic E-state index is -0.483. The van der Waals surface area contributed by atoms with Crippen molar-refractivity contribution in [2.45, 2.75) is 18.9 Å². The summed E-state index contributed by atoms with van der Waals surface area (Å²) >= 11 is 0. The molecule has 4 heteroatoms. The Morgan fingerprint density at radius 2 is 1.58 bits per heavy atom.